The predicted molar refractivity (Wildman–Crippen MR) is 133 cm³/mol. The molecule has 2 heterocycles. The minimum absolute atomic E-state index is 0.131. The van der Waals surface area contributed by atoms with Gasteiger partial charge in [-0.15, -0.1) is 11.8 Å². The van der Waals surface area contributed by atoms with Gasteiger partial charge in [-0.25, -0.2) is 14.4 Å². The van der Waals surface area contributed by atoms with E-state index >= 15 is 0 Å². The number of nitrogens with zero attached hydrogens (tertiary/aromatic N) is 2. The SMILES string of the molecule is CCCCC(CC)COC(=O)CCSc1cc(Cl)cnc1Br.Fc1cc(Cl)cnc1Br. The van der Waals surface area contributed by atoms with Crippen LogP contribution in [0.15, 0.2) is 38.6 Å². The molecule has 0 amide bonds. The van der Waals surface area contributed by atoms with Crippen LogP contribution in [0.25, 0.3) is 0 Å². The summed E-state index contributed by atoms with van der Waals surface area (Å²) in [7, 11) is 0. The molecule has 31 heavy (non-hydrogen) atoms. The Kier molecular flexibility index (Phi) is 15.0. The number of rotatable bonds is 10. The van der Waals surface area contributed by atoms with Crippen LogP contribution in [0.5, 0.6) is 0 Å². The molecule has 2 rings (SSSR count). The number of hydrogen-bond acceptors (Lipinski definition) is 5. The maximum atomic E-state index is 12.4. The molecule has 0 aromatic carbocycles. The van der Waals surface area contributed by atoms with Crippen molar-refractivity contribution in [3.05, 3.63) is 49.6 Å². The molecule has 4 nitrogen and oxygen atoms in total. The standard InChI is InChI=1S/C16H23BrClNO2S.C5H2BrClFN/c1-3-5-6-12(4-2)11-21-15(20)7-8-22-14-9-13(18)10-19-16(14)17;6-5-4(8)1-3(7)2-9-5/h9-10,12H,3-8,11H2,1-2H3;1-2H. The summed E-state index contributed by atoms with van der Waals surface area (Å²) in [5.41, 5.74) is 0. The molecular weight excluding hydrogens is 594 g/mol. The highest BCUT2D eigenvalue weighted by molar-refractivity contribution is 9.10. The molecule has 172 valence electrons. The minimum Gasteiger partial charge on any atom is -0.465 e. The summed E-state index contributed by atoms with van der Waals surface area (Å²) in [6.45, 7) is 4.87. The highest BCUT2D eigenvalue weighted by atomic mass is 79.9. The van der Waals surface area contributed by atoms with Crippen LogP contribution in [0.3, 0.4) is 0 Å². The normalized spacial score (nSPS) is 11.5. The first-order chi connectivity index (χ1) is 14.8. The van der Waals surface area contributed by atoms with Crippen LogP contribution >= 0.6 is 66.8 Å². The lowest BCUT2D eigenvalue weighted by molar-refractivity contribution is -0.144. The van der Waals surface area contributed by atoms with Crippen molar-refractivity contribution in [3.63, 3.8) is 0 Å². The minimum atomic E-state index is -0.442. The smallest absolute Gasteiger partial charge is 0.306 e. The Morgan fingerprint density at radius 3 is 2.39 bits per heavy atom. The van der Waals surface area contributed by atoms with E-state index in [0.29, 0.717) is 34.7 Å². The van der Waals surface area contributed by atoms with Crippen LogP contribution in [0.2, 0.25) is 10.0 Å². The third-order valence-corrected chi connectivity index (χ3v) is 7.05. The zero-order chi connectivity index (χ0) is 23.2. The molecule has 0 radical (unpaired) electrons. The van der Waals surface area contributed by atoms with E-state index in [1.54, 1.807) is 18.0 Å². The molecular formula is C21H25Br2Cl2FN2O2S. The zero-order valence-corrected chi connectivity index (χ0v) is 22.8. The highest BCUT2D eigenvalue weighted by Crippen LogP contribution is 2.28. The Bertz CT molecular complexity index is 834. The van der Waals surface area contributed by atoms with Crippen molar-refractivity contribution in [2.24, 2.45) is 5.92 Å². The Hall–Kier alpha value is -0.410. The number of carbonyl (C=O) groups excluding carboxylic acids is 1. The number of hydrogen-bond donors (Lipinski definition) is 0. The van der Waals surface area contributed by atoms with Gasteiger partial charge in [0.2, 0.25) is 0 Å². The average molecular weight is 619 g/mol. The summed E-state index contributed by atoms with van der Waals surface area (Å²) in [6, 6.07) is 3.03. The molecule has 0 aliphatic heterocycles. The topological polar surface area (TPSA) is 52.1 Å². The van der Waals surface area contributed by atoms with Crippen LogP contribution in [0.4, 0.5) is 4.39 Å². The number of esters is 1. The van der Waals surface area contributed by atoms with Crippen molar-refractivity contribution in [3.8, 4) is 0 Å². The molecule has 2 aromatic heterocycles. The van der Waals surface area contributed by atoms with Gasteiger partial charge in [-0.1, -0.05) is 56.3 Å². The molecule has 0 saturated carbocycles. The lowest BCUT2D eigenvalue weighted by Gasteiger charge is -2.14. The third kappa shape index (κ3) is 12.4. The molecule has 1 unspecified atom stereocenters. The summed E-state index contributed by atoms with van der Waals surface area (Å²) >= 11 is 19.1. The number of ether oxygens (including phenoxy) is 1. The van der Waals surface area contributed by atoms with Crippen molar-refractivity contribution in [2.75, 3.05) is 12.4 Å². The van der Waals surface area contributed by atoms with Crippen molar-refractivity contribution in [2.45, 2.75) is 50.8 Å². The van der Waals surface area contributed by atoms with Gasteiger partial charge in [-0.05, 0) is 56.3 Å². The van der Waals surface area contributed by atoms with E-state index in [1.165, 1.54) is 25.1 Å². The van der Waals surface area contributed by atoms with Gasteiger partial charge in [0.25, 0.3) is 0 Å². The van der Waals surface area contributed by atoms with Crippen molar-refractivity contribution in [1.82, 2.24) is 9.97 Å². The highest BCUT2D eigenvalue weighted by Gasteiger charge is 2.11. The summed E-state index contributed by atoms with van der Waals surface area (Å²) in [5.74, 6) is 0.574. The fourth-order valence-corrected chi connectivity index (χ4v) is 4.34. The van der Waals surface area contributed by atoms with E-state index in [0.717, 1.165) is 22.3 Å². The predicted octanol–water partition coefficient (Wildman–Crippen LogP) is 8.38. The summed E-state index contributed by atoms with van der Waals surface area (Å²) in [5, 5.41) is 0.894. The van der Waals surface area contributed by atoms with Crippen LogP contribution in [0.1, 0.15) is 46.0 Å². The Labute approximate surface area is 214 Å². The molecule has 0 aliphatic rings. The van der Waals surface area contributed by atoms with Crippen LogP contribution in [-0.4, -0.2) is 28.3 Å². The molecule has 0 bridgehead atoms. The monoisotopic (exact) mass is 616 g/mol. The first kappa shape index (κ1) is 28.6. The lowest BCUT2D eigenvalue weighted by Crippen LogP contribution is -2.14. The quantitative estimate of drug-likeness (QED) is 0.152. The largest absolute Gasteiger partial charge is 0.465 e. The fourth-order valence-electron chi connectivity index (χ4n) is 2.33. The molecule has 0 aliphatic carbocycles. The number of thioether (sulfide) groups is 1. The van der Waals surface area contributed by atoms with Crippen LogP contribution in [0, 0.1) is 11.7 Å². The number of carbonyl (C=O) groups is 1. The molecule has 0 spiro atoms. The zero-order valence-electron chi connectivity index (χ0n) is 17.3. The lowest BCUT2D eigenvalue weighted by atomic mass is 10.0. The second-order valence-electron chi connectivity index (χ2n) is 6.57. The number of pyridine rings is 2. The van der Waals surface area contributed by atoms with Gasteiger partial charge >= 0.3 is 5.97 Å². The van der Waals surface area contributed by atoms with E-state index in [1.807, 2.05) is 6.07 Å². The summed E-state index contributed by atoms with van der Waals surface area (Å²) in [6.07, 6.45) is 7.93. The van der Waals surface area contributed by atoms with Gasteiger partial charge in [0, 0.05) is 23.0 Å². The first-order valence-electron chi connectivity index (χ1n) is 9.82. The molecule has 0 fully saturated rings. The van der Waals surface area contributed by atoms with Crippen LogP contribution < -0.4 is 0 Å². The van der Waals surface area contributed by atoms with Crippen molar-refractivity contribution in [1.29, 1.82) is 0 Å². The van der Waals surface area contributed by atoms with Gasteiger partial charge < -0.3 is 4.74 Å². The number of halogens is 5. The van der Waals surface area contributed by atoms with E-state index in [2.05, 4.69) is 55.7 Å². The van der Waals surface area contributed by atoms with Crippen molar-refractivity contribution < 1.29 is 13.9 Å². The molecule has 0 N–H and O–H groups in total. The second-order valence-corrected chi connectivity index (χ2v) is 10.1. The van der Waals surface area contributed by atoms with E-state index in [9.17, 15) is 9.18 Å². The third-order valence-electron chi connectivity index (χ3n) is 4.12. The maximum Gasteiger partial charge on any atom is 0.306 e. The van der Waals surface area contributed by atoms with Crippen molar-refractivity contribution >= 4 is 72.8 Å². The van der Waals surface area contributed by atoms with E-state index in [4.69, 9.17) is 27.9 Å². The molecule has 1 atom stereocenters. The van der Waals surface area contributed by atoms with Gasteiger partial charge in [0.1, 0.15) is 9.21 Å². The summed E-state index contributed by atoms with van der Waals surface area (Å²) < 4.78 is 18.7. The number of aromatic nitrogens is 2. The van der Waals surface area contributed by atoms with Gasteiger partial charge in [0.05, 0.1) is 23.1 Å². The first-order valence-corrected chi connectivity index (χ1v) is 13.2. The maximum absolute atomic E-state index is 12.4. The summed E-state index contributed by atoms with van der Waals surface area (Å²) in [4.78, 5) is 20.4. The van der Waals surface area contributed by atoms with Gasteiger partial charge in [-0.2, -0.15) is 0 Å². The molecule has 0 saturated heterocycles. The Morgan fingerprint density at radius 1 is 1.16 bits per heavy atom. The Balaban J connectivity index is 0.000000442. The Morgan fingerprint density at radius 2 is 1.81 bits per heavy atom. The van der Waals surface area contributed by atoms with Gasteiger partial charge in [-0.3, -0.25) is 4.79 Å². The molecule has 2 aromatic rings. The van der Waals surface area contributed by atoms with E-state index < -0.39 is 5.82 Å². The molecule has 10 heteroatoms. The van der Waals surface area contributed by atoms with E-state index in [-0.39, 0.29) is 10.6 Å². The van der Waals surface area contributed by atoms with Crippen LogP contribution in [-0.2, 0) is 9.53 Å². The fraction of sp³-hybridized carbons (Fsp3) is 0.476. The van der Waals surface area contributed by atoms with Gasteiger partial charge in [0.15, 0.2) is 5.82 Å². The number of unbranched alkanes of at least 4 members (excludes halogenated alkanes) is 1. The second kappa shape index (κ2) is 16.2. The average Bonchev–Trinajstić information content (AvgIpc) is 2.74.